The lowest BCUT2D eigenvalue weighted by molar-refractivity contribution is -0.142. The number of carbonyl (C=O) groups is 1. The normalized spacial score (nSPS) is 16.2. The zero-order valence-electron chi connectivity index (χ0n) is 14.5. The number of ether oxygens (including phenoxy) is 4. The van der Waals surface area contributed by atoms with Crippen LogP contribution in [0.1, 0.15) is 31.8 Å². The van der Waals surface area contributed by atoms with Gasteiger partial charge in [0.25, 0.3) is 5.19 Å². The molecule has 1 atom stereocenters. The Morgan fingerprint density at radius 2 is 2.12 bits per heavy atom. The van der Waals surface area contributed by atoms with Crippen LogP contribution in [0.2, 0.25) is 0 Å². The van der Waals surface area contributed by atoms with E-state index in [0.717, 1.165) is 17.1 Å². The van der Waals surface area contributed by atoms with E-state index < -0.39 is 11.2 Å². The van der Waals surface area contributed by atoms with Crippen LogP contribution in [0.5, 0.6) is 5.19 Å². The smallest absolute Gasteiger partial charge is 0.304 e. The largest absolute Gasteiger partial charge is 0.461 e. The van der Waals surface area contributed by atoms with Crippen LogP contribution in [0.25, 0.3) is 0 Å². The summed E-state index contributed by atoms with van der Waals surface area (Å²) in [7, 11) is 0. The van der Waals surface area contributed by atoms with Crippen molar-refractivity contribution in [3.05, 3.63) is 47.9 Å². The minimum absolute atomic E-state index is 0.203. The molecule has 0 bridgehead atoms. The van der Waals surface area contributed by atoms with Gasteiger partial charge in [0.15, 0.2) is 17.8 Å². The van der Waals surface area contributed by atoms with Crippen LogP contribution in [0, 0.1) is 0 Å². The van der Waals surface area contributed by atoms with Gasteiger partial charge in [-0.3, -0.25) is 4.79 Å². The fourth-order valence-electron chi connectivity index (χ4n) is 2.09. The lowest BCUT2D eigenvalue weighted by atomic mass is 10.2. The van der Waals surface area contributed by atoms with E-state index in [9.17, 15) is 4.79 Å². The van der Waals surface area contributed by atoms with Crippen molar-refractivity contribution in [2.75, 3.05) is 6.61 Å². The van der Waals surface area contributed by atoms with E-state index in [-0.39, 0.29) is 12.6 Å². The molecule has 26 heavy (non-hydrogen) atoms. The van der Waals surface area contributed by atoms with Crippen molar-refractivity contribution >= 4 is 29.3 Å². The van der Waals surface area contributed by atoms with Gasteiger partial charge in [-0.05, 0) is 11.8 Å². The van der Waals surface area contributed by atoms with Gasteiger partial charge in [0.1, 0.15) is 6.26 Å². The standard InChI is InChI=1S/C17H18N2O5S2/c1-11(20)23-14(12-7-5-4-6-8-12)25-15-18-16(26-19-15)21-9-13-10-22-17(2,3)24-13/h4-8,10,14H,9H2,1-3H3. The number of carbonyl (C=O) groups excluding carboxylic acids is 1. The fourth-order valence-corrected chi connectivity index (χ4v) is 3.67. The molecule has 3 rings (SSSR count). The Hall–Kier alpha value is -2.26. The zero-order chi connectivity index (χ0) is 18.6. The summed E-state index contributed by atoms with van der Waals surface area (Å²) in [4.78, 5) is 15.7. The molecule has 1 unspecified atom stereocenters. The van der Waals surface area contributed by atoms with Crippen LogP contribution < -0.4 is 4.74 Å². The van der Waals surface area contributed by atoms with E-state index in [1.54, 1.807) is 0 Å². The Balaban J connectivity index is 1.60. The molecule has 0 saturated carbocycles. The molecular formula is C17H18N2O5S2. The van der Waals surface area contributed by atoms with Gasteiger partial charge in [-0.1, -0.05) is 30.3 Å². The van der Waals surface area contributed by atoms with Crippen molar-refractivity contribution in [3.8, 4) is 5.19 Å². The molecule has 2 aromatic rings. The second-order valence-corrected chi connectivity index (χ2v) is 7.55. The van der Waals surface area contributed by atoms with Gasteiger partial charge in [0.2, 0.25) is 10.9 Å². The molecular weight excluding hydrogens is 376 g/mol. The minimum Gasteiger partial charge on any atom is -0.461 e. The van der Waals surface area contributed by atoms with E-state index in [4.69, 9.17) is 18.9 Å². The molecule has 0 amide bonds. The Morgan fingerprint density at radius 3 is 2.77 bits per heavy atom. The van der Waals surface area contributed by atoms with E-state index in [2.05, 4.69) is 9.36 Å². The fraction of sp³-hybridized carbons (Fsp3) is 0.353. The van der Waals surface area contributed by atoms with E-state index in [0.29, 0.717) is 16.1 Å². The monoisotopic (exact) mass is 394 g/mol. The molecule has 0 saturated heterocycles. The van der Waals surface area contributed by atoms with E-state index in [1.165, 1.54) is 24.9 Å². The van der Waals surface area contributed by atoms with Crippen molar-refractivity contribution in [1.29, 1.82) is 0 Å². The molecule has 1 aliphatic heterocycles. The molecule has 0 aliphatic carbocycles. The summed E-state index contributed by atoms with van der Waals surface area (Å²) in [6, 6.07) is 9.44. The average molecular weight is 394 g/mol. The number of esters is 1. The highest BCUT2D eigenvalue weighted by atomic mass is 32.2. The molecule has 1 aromatic heterocycles. The third-order valence-electron chi connectivity index (χ3n) is 3.13. The first kappa shape index (κ1) is 18.5. The summed E-state index contributed by atoms with van der Waals surface area (Å²) < 4.78 is 26.1. The number of rotatable bonds is 7. The summed E-state index contributed by atoms with van der Waals surface area (Å²) in [5, 5.41) is 0.870. The van der Waals surface area contributed by atoms with Crippen molar-refractivity contribution in [2.45, 2.75) is 37.2 Å². The Labute approximate surface area is 159 Å². The molecule has 2 heterocycles. The summed E-state index contributed by atoms with van der Waals surface area (Å²) in [5.74, 6) is -0.458. The highest BCUT2D eigenvalue weighted by molar-refractivity contribution is 7.99. The quantitative estimate of drug-likeness (QED) is 0.397. The van der Waals surface area contributed by atoms with Crippen molar-refractivity contribution < 1.29 is 23.7 Å². The van der Waals surface area contributed by atoms with Gasteiger partial charge < -0.3 is 18.9 Å². The lowest BCUT2D eigenvalue weighted by Crippen LogP contribution is -2.21. The number of aromatic nitrogens is 2. The summed E-state index contributed by atoms with van der Waals surface area (Å²) >= 11 is 2.36. The van der Waals surface area contributed by atoms with Gasteiger partial charge in [0, 0.05) is 37.9 Å². The number of benzene rings is 1. The van der Waals surface area contributed by atoms with Crippen molar-refractivity contribution in [2.24, 2.45) is 0 Å². The molecule has 0 spiro atoms. The van der Waals surface area contributed by atoms with Crippen LogP contribution >= 0.6 is 23.3 Å². The zero-order valence-corrected chi connectivity index (χ0v) is 16.1. The maximum absolute atomic E-state index is 11.4. The van der Waals surface area contributed by atoms with E-state index in [1.807, 2.05) is 44.2 Å². The molecule has 9 heteroatoms. The maximum atomic E-state index is 11.4. The van der Waals surface area contributed by atoms with Crippen LogP contribution in [0.4, 0.5) is 0 Å². The molecule has 1 aromatic carbocycles. The first-order chi connectivity index (χ1) is 12.4. The maximum Gasteiger partial charge on any atom is 0.304 e. The van der Waals surface area contributed by atoms with Gasteiger partial charge in [-0.2, -0.15) is 9.36 Å². The molecule has 1 aliphatic rings. The van der Waals surface area contributed by atoms with Crippen LogP contribution in [0.15, 0.2) is 47.5 Å². The molecule has 0 radical (unpaired) electrons. The summed E-state index contributed by atoms with van der Waals surface area (Å²) in [5.41, 5.74) is 0.333. The first-order valence-corrected chi connectivity index (χ1v) is 9.48. The predicted molar refractivity (Wildman–Crippen MR) is 96.5 cm³/mol. The van der Waals surface area contributed by atoms with Gasteiger partial charge in [-0.25, -0.2) is 0 Å². The number of thioether (sulfide) groups is 1. The number of hydrogen-bond donors (Lipinski definition) is 0. The van der Waals surface area contributed by atoms with Crippen molar-refractivity contribution in [3.63, 3.8) is 0 Å². The van der Waals surface area contributed by atoms with Crippen LogP contribution in [-0.2, 0) is 19.0 Å². The number of hydrogen-bond acceptors (Lipinski definition) is 9. The Morgan fingerprint density at radius 1 is 1.35 bits per heavy atom. The lowest BCUT2D eigenvalue weighted by Gasteiger charge is -2.17. The van der Waals surface area contributed by atoms with Crippen LogP contribution in [-0.4, -0.2) is 27.7 Å². The van der Waals surface area contributed by atoms with Gasteiger partial charge in [0.05, 0.1) is 0 Å². The van der Waals surface area contributed by atoms with Crippen LogP contribution in [0.3, 0.4) is 0 Å². The molecule has 138 valence electrons. The SMILES string of the molecule is CC(=O)OC(Sc1nsc(OCC2=COC(C)(C)O2)n1)c1ccccc1. The highest BCUT2D eigenvalue weighted by Crippen LogP contribution is 2.36. The second-order valence-electron chi connectivity index (χ2n) is 5.81. The topological polar surface area (TPSA) is 79.8 Å². The van der Waals surface area contributed by atoms with Crippen molar-refractivity contribution in [1.82, 2.24) is 9.36 Å². The Kier molecular flexibility index (Phi) is 5.67. The third kappa shape index (κ3) is 5.12. The first-order valence-electron chi connectivity index (χ1n) is 7.82. The highest BCUT2D eigenvalue weighted by Gasteiger charge is 2.28. The average Bonchev–Trinajstić information content (AvgIpc) is 3.18. The molecule has 7 nitrogen and oxygen atoms in total. The molecule has 0 N–H and O–H groups in total. The second kappa shape index (κ2) is 7.96. The Bertz CT molecular complexity index is 791. The van der Waals surface area contributed by atoms with Gasteiger partial charge in [-0.15, -0.1) is 0 Å². The summed E-state index contributed by atoms with van der Waals surface area (Å²) in [6.45, 7) is 5.21. The molecule has 0 fully saturated rings. The van der Waals surface area contributed by atoms with Gasteiger partial charge >= 0.3 is 5.97 Å². The number of nitrogens with zero attached hydrogens (tertiary/aromatic N) is 2. The minimum atomic E-state index is -0.673. The van der Waals surface area contributed by atoms with E-state index >= 15 is 0 Å². The summed E-state index contributed by atoms with van der Waals surface area (Å²) in [6.07, 6.45) is 1.53. The third-order valence-corrected chi connectivity index (χ3v) is 4.86. The predicted octanol–water partition coefficient (Wildman–Crippen LogP) is 3.90.